The highest BCUT2D eigenvalue weighted by Gasteiger charge is 2.45. The molecule has 1 aromatic carbocycles. The minimum Gasteiger partial charge on any atom is -0.494 e. The van der Waals surface area contributed by atoms with Crippen LogP contribution in [0.25, 0.3) is 0 Å². The second-order valence-corrected chi connectivity index (χ2v) is 6.54. The quantitative estimate of drug-likeness (QED) is 0.826. The van der Waals surface area contributed by atoms with Crippen molar-refractivity contribution in [1.82, 2.24) is 5.32 Å². The maximum Gasteiger partial charge on any atom is 0.266 e. The van der Waals surface area contributed by atoms with E-state index in [4.69, 9.17) is 4.74 Å². The maximum atomic E-state index is 12.3. The number of nitriles is 1. The Balaban J connectivity index is 2.06. The highest BCUT2D eigenvalue weighted by molar-refractivity contribution is 7.84. The smallest absolute Gasteiger partial charge is 0.266 e. The number of hydrogen-bond donors (Lipinski definition) is 2. The number of rotatable bonds is 3. The summed E-state index contributed by atoms with van der Waals surface area (Å²) in [6, 6.07) is 9.68. The third-order valence-corrected chi connectivity index (χ3v) is 5.06. The van der Waals surface area contributed by atoms with Gasteiger partial charge in [0.1, 0.15) is 23.1 Å². The molecule has 0 atom stereocenters. The van der Waals surface area contributed by atoms with E-state index in [1.165, 1.54) is 0 Å². The Bertz CT molecular complexity index is 700. The average Bonchev–Trinajstić information content (AvgIpc) is 2.57. The predicted octanol–water partition coefficient (Wildman–Crippen LogP) is 3.35. The molecular weight excluding hydrogens is 322 g/mol. The summed E-state index contributed by atoms with van der Waals surface area (Å²) in [5.74, 6) is 0.469. The minimum absolute atomic E-state index is 0.0587. The molecule has 1 aliphatic carbocycles. The summed E-state index contributed by atoms with van der Waals surface area (Å²) in [7, 11) is 0. The van der Waals surface area contributed by atoms with Gasteiger partial charge in [-0.25, -0.2) is 0 Å². The van der Waals surface area contributed by atoms with E-state index in [9.17, 15) is 10.1 Å². The van der Waals surface area contributed by atoms with Gasteiger partial charge in [0.15, 0.2) is 0 Å². The van der Waals surface area contributed by atoms with Crippen LogP contribution < -0.4 is 15.0 Å². The number of thiol groups is 1. The molecule has 1 N–H and O–H groups in total. The summed E-state index contributed by atoms with van der Waals surface area (Å²) >= 11 is 4.54. The lowest BCUT2D eigenvalue weighted by Gasteiger charge is -2.50. The molecule has 0 aromatic heterocycles. The van der Waals surface area contributed by atoms with Crippen LogP contribution in [-0.4, -0.2) is 18.2 Å². The molecule has 1 aliphatic heterocycles. The number of hydrogen-bond acceptors (Lipinski definition) is 5. The molecule has 5 nitrogen and oxygen atoms in total. The fourth-order valence-electron chi connectivity index (χ4n) is 3.56. The van der Waals surface area contributed by atoms with Crippen molar-refractivity contribution in [2.24, 2.45) is 0 Å². The van der Waals surface area contributed by atoms with Crippen molar-refractivity contribution in [3.63, 3.8) is 0 Å². The molecule has 2 aliphatic rings. The zero-order valence-electron chi connectivity index (χ0n) is 13.7. The van der Waals surface area contributed by atoms with Gasteiger partial charge in [-0.05, 0) is 56.9 Å². The number of nitrogens with one attached hydrogen (secondary N) is 1. The standard InChI is InChI=1S/C18H21N3O2S/c1-2-23-14-8-6-13(7-9-14)21-17(24)15(12-19)16(22)20-18(21)10-4-3-5-11-18/h6-9,24H,2-5,10-11H2,1H3,(H,20,22). The molecule has 0 unspecified atom stereocenters. The van der Waals surface area contributed by atoms with E-state index in [2.05, 4.69) is 17.9 Å². The fourth-order valence-corrected chi connectivity index (χ4v) is 4.02. The maximum absolute atomic E-state index is 12.3. The van der Waals surface area contributed by atoms with Gasteiger partial charge in [-0.2, -0.15) is 5.26 Å². The van der Waals surface area contributed by atoms with Gasteiger partial charge in [0, 0.05) is 5.69 Å². The normalized spacial score (nSPS) is 19.9. The molecule has 6 heteroatoms. The third-order valence-electron chi connectivity index (χ3n) is 4.64. The largest absolute Gasteiger partial charge is 0.494 e. The molecule has 3 rings (SSSR count). The number of nitrogens with zero attached hydrogens (tertiary/aromatic N) is 2. The lowest BCUT2D eigenvalue weighted by Crippen LogP contribution is -2.64. The monoisotopic (exact) mass is 343 g/mol. The molecule has 0 radical (unpaired) electrons. The van der Waals surface area contributed by atoms with Crippen LogP contribution in [0.4, 0.5) is 5.69 Å². The first kappa shape index (κ1) is 16.7. The molecule has 1 fully saturated rings. The summed E-state index contributed by atoms with van der Waals surface area (Å²) < 4.78 is 5.50. The molecule has 126 valence electrons. The molecule has 24 heavy (non-hydrogen) atoms. The van der Waals surface area contributed by atoms with Crippen LogP contribution in [0.15, 0.2) is 34.9 Å². The molecular formula is C18H21N3O2S. The van der Waals surface area contributed by atoms with E-state index in [1.807, 2.05) is 42.2 Å². The number of carbonyl (C=O) groups excluding carboxylic acids is 1. The van der Waals surface area contributed by atoms with E-state index >= 15 is 0 Å². The van der Waals surface area contributed by atoms with Crippen molar-refractivity contribution >= 4 is 24.2 Å². The predicted molar refractivity (Wildman–Crippen MR) is 95.7 cm³/mol. The number of amides is 1. The van der Waals surface area contributed by atoms with Gasteiger partial charge in [-0.3, -0.25) is 4.79 Å². The molecule has 1 amide bonds. The van der Waals surface area contributed by atoms with Gasteiger partial charge in [0.25, 0.3) is 5.91 Å². The average molecular weight is 343 g/mol. The Hall–Kier alpha value is -2.13. The van der Waals surface area contributed by atoms with Gasteiger partial charge in [0.2, 0.25) is 0 Å². The lowest BCUT2D eigenvalue weighted by molar-refractivity contribution is -0.120. The Morgan fingerprint density at radius 3 is 2.54 bits per heavy atom. The SMILES string of the molecule is CCOc1ccc(N2C(S)=C(C#N)C(=O)NC23CCCCC3)cc1. The van der Waals surface area contributed by atoms with Gasteiger partial charge >= 0.3 is 0 Å². The number of carbonyl (C=O) groups is 1. The Kier molecular flexibility index (Phi) is 4.72. The summed E-state index contributed by atoms with van der Waals surface area (Å²) in [5.41, 5.74) is 0.460. The van der Waals surface area contributed by atoms with Gasteiger partial charge in [-0.15, -0.1) is 12.6 Å². The van der Waals surface area contributed by atoms with Crippen molar-refractivity contribution in [1.29, 1.82) is 5.26 Å². The second-order valence-electron chi connectivity index (χ2n) is 6.12. The molecule has 1 spiro atoms. The summed E-state index contributed by atoms with van der Waals surface area (Å²) in [4.78, 5) is 14.3. The number of ether oxygens (including phenoxy) is 1. The highest BCUT2D eigenvalue weighted by atomic mass is 32.1. The summed E-state index contributed by atoms with van der Waals surface area (Å²) in [6.07, 6.45) is 4.92. The van der Waals surface area contributed by atoms with Crippen LogP contribution in [0.3, 0.4) is 0 Å². The van der Waals surface area contributed by atoms with Crippen molar-refractivity contribution in [2.75, 3.05) is 11.5 Å². The molecule has 1 heterocycles. The van der Waals surface area contributed by atoms with Crippen molar-refractivity contribution in [2.45, 2.75) is 44.7 Å². The first-order chi connectivity index (χ1) is 11.6. The molecule has 1 aromatic rings. The molecule has 0 bridgehead atoms. The van der Waals surface area contributed by atoms with Crippen LogP contribution in [0.5, 0.6) is 5.75 Å². The van der Waals surface area contributed by atoms with Gasteiger partial charge < -0.3 is 15.0 Å². The van der Waals surface area contributed by atoms with Crippen LogP contribution in [0.1, 0.15) is 39.0 Å². The van der Waals surface area contributed by atoms with Crippen molar-refractivity contribution < 1.29 is 9.53 Å². The fraction of sp³-hybridized carbons (Fsp3) is 0.444. The number of benzene rings is 1. The first-order valence-corrected chi connectivity index (χ1v) is 8.75. The number of anilines is 1. The zero-order valence-corrected chi connectivity index (χ0v) is 14.6. The zero-order chi connectivity index (χ0) is 17.2. The van der Waals surface area contributed by atoms with E-state index < -0.39 is 5.66 Å². The van der Waals surface area contributed by atoms with Crippen LogP contribution >= 0.6 is 12.6 Å². The van der Waals surface area contributed by atoms with E-state index in [1.54, 1.807) is 0 Å². The van der Waals surface area contributed by atoms with Gasteiger partial charge in [0.05, 0.1) is 11.6 Å². The topological polar surface area (TPSA) is 65.4 Å². The minimum atomic E-state index is -0.500. The molecule has 0 saturated heterocycles. The second kappa shape index (κ2) is 6.78. The van der Waals surface area contributed by atoms with Crippen LogP contribution in [0, 0.1) is 11.3 Å². The van der Waals surface area contributed by atoms with Crippen molar-refractivity contribution in [3.05, 3.63) is 34.9 Å². The Morgan fingerprint density at radius 2 is 1.96 bits per heavy atom. The van der Waals surface area contributed by atoms with E-state index in [0.29, 0.717) is 11.6 Å². The van der Waals surface area contributed by atoms with E-state index in [-0.39, 0.29) is 11.5 Å². The van der Waals surface area contributed by atoms with Crippen molar-refractivity contribution in [3.8, 4) is 11.8 Å². The van der Waals surface area contributed by atoms with Crippen LogP contribution in [0.2, 0.25) is 0 Å². The third kappa shape index (κ3) is 2.84. The Labute approximate surface area is 147 Å². The summed E-state index contributed by atoms with van der Waals surface area (Å²) in [6.45, 7) is 2.55. The summed E-state index contributed by atoms with van der Waals surface area (Å²) in [5, 5.41) is 12.8. The van der Waals surface area contributed by atoms with Crippen LogP contribution in [-0.2, 0) is 4.79 Å². The van der Waals surface area contributed by atoms with Gasteiger partial charge in [-0.1, -0.05) is 6.42 Å². The van der Waals surface area contributed by atoms with E-state index in [0.717, 1.165) is 43.5 Å². The molecule has 1 saturated carbocycles. The highest BCUT2D eigenvalue weighted by Crippen LogP contribution is 2.42. The first-order valence-electron chi connectivity index (χ1n) is 8.30. The Morgan fingerprint density at radius 1 is 1.29 bits per heavy atom. The lowest BCUT2D eigenvalue weighted by atomic mass is 9.85.